The molecule has 2 aliphatic heterocycles. The third-order valence-electron chi connectivity index (χ3n) is 13.2. The molecule has 0 radical (unpaired) electrons. The maximum absolute atomic E-state index is 16.3. The van der Waals surface area contributed by atoms with Gasteiger partial charge in [0.05, 0.1) is 53.2 Å². The summed E-state index contributed by atoms with van der Waals surface area (Å²) in [4.78, 5) is 66.4. The standard InChI is InChI=1S/C41H52F4N4O9S/c1-21-30-20-49(32(21)28(50)19-40(18-25(40)34(42)43)37(53)48-59(54,55)39(5)13-14-39)36(52)24(38(2,3)4)17-31(51)57-29-15-22(29)9-7-8-12-41(44,45)33-35(58-30)47-27-16-23(56-6)10-11-26(27)46-33/h10-11,16,21-22,24-25,29-30,32,34H,7-9,12-15,17-20H2,1-6H3,(H,48,53)/t21-,22-,24-,25+,29-,30+,32?,40-/m1/s1. The Balaban J connectivity index is 1.28. The van der Waals surface area contributed by atoms with E-state index in [1.807, 2.05) is 4.72 Å². The van der Waals surface area contributed by atoms with Gasteiger partial charge in [0.25, 0.3) is 5.92 Å². The van der Waals surface area contributed by atoms with Gasteiger partial charge in [0.1, 0.15) is 18.0 Å². The number of fused-ring (bicyclic) bond motifs is 5. The van der Waals surface area contributed by atoms with Gasteiger partial charge in [-0.25, -0.2) is 27.2 Å². The number of nitrogens with one attached hydrogen (secondary N) is 1. The highest BCUT2D eigenvalue weighted by atomic mass is 32.2. The number of hydrogen-bond acceptors (Lipinski definition) is 11. The molecule has 324 valence electrons. The van der Waals surface area contributed by atoms with E-state index in [0.29, 0.717) is 25.0 Å². The van der Waals surface area contributed by atoms with Gasteiger partial charge in [0, 0.05) is 30.7 Å². The second kappa shape index (κ2) is 15.1. The molecule has 4 fully saturated rings. The molecule has 8 atom stereocenters. The first kappa shape index (κ1) is 43.0. The van der Waals surface area contributed by atoms with Gasteiger partial charge < -0.3 is 19.1 Å². The number of rotatable bonds is 8. The van der Waals surface area contributed by atoms with Gasteiger partial charge in [0.2, 0.25) is 34.1 Å². The fourth-order valence-corrected chi connectivity index (χ4v) is 10.0. The Morgan fingerprint density at radius 3 is 2.39 bits per heavy atom. The lowest BCUT2D eigenvalue weighted by atomic mass is 9.77. The van der Waals surface area contributed by atoms with Gasteiger partial charge in [-0.1, -0.05) is 34.1 Å². The molecule has 1 unspecified atom stereocenters. The lowest BCUT2D eigenvalue weighted by molar-refractivity contribution is -0.154. The van der Waals surface area contributed by atoms with E-state index in [-0.39, 0.29) is 49.2 Å². The monoisotopic (exact) mass is 852 g/mol. The zero-order chi connectivity index (χ0) is 43.0. The Morgan fingerprint density at radius 2 is 1.76 bits per heavy atom. The van der Waals surface area contributed by atoms with Crippen LogP contribution < -0.4 is 14.2 Å². The maximum atomic E-state index is 16.3. The number of nitrogens with zero attached hydrogens (tertiary/aromatic N) is 3. The van der Waals surface area contributed by atoms with Crippen molar-refractivity contribution in [2.75, 3.05) is 13.7 Å². The number of halogens is 4. The summed E-state index contributed by atoms with van der Waals surface area (Å²) in [6.07, 6.45) is -4.72. The Hall–Kier alpha value is -4.09. The number of Topliss-reactive ketones (excluding diaryl/α,β-unsaturated/α-hetero) is 1. The Kier molecular flexibility index (Phi) is 11.0. The fraction of sp³-hybridized carbons (Fsp3) is 0.707. The zero-order valence-electron chi connectivity index (χ0n) is 34.1. The molecular weight excluding hydrogens is 801 g/mol. The highest BCUT2D eigenvalue weighted by Gasteiger charge is 2.67. The van der Waals surface area contributed by atoms with Crippen molar-refractivity contribution in [1.29, 1.82) is 0 Å². The molecule has 1 aromatic carbocycles. The van der Waals surface area contributed by atoms with Crippen molar-refractivity contribution < 1.29 is 59.4 Å². The highest BCUT2D eigenvalue weighted by Crippen LogP contribution is 2.59. The van der Waals surface area contributed by atoms with Crippen LogP contribution in [0.5, 0.6) is 11.6 Å². The molecule has 3 heterocycles. The zero-order valence-corrected chi connectivity index (χ0v) is 34.9. The summed E-state index contributed by atoms with van der Waals surface area (Å²) in [6, 6.07) is 3.09. The number of ether oxygens (including phenoxy) is 3. The Bertz CT molecular complexity index is 2150. The number of aromatic nitrogens is 2. The van der Waals surface area contributed by atoms with Gasteiger partial charge >= 0.3 is 5.97 Å². The van der Waals surface area contributed by atoms with Crippen molar-refractivity contribution in [2.45, 2.75) is 134 Å². The average molecular weight is 853 g/mol. The molecule has 1 N–H and O–H groups in total. The number of carbonyl (C=O) groups is 4. The van der Waals surface area contributed by atoms with Crippen LogP contribution in [0.2, 0.25) is 0 Å². The summed E-state index contributed by atoms with van der Waals surface area (Å²) >= 11 is 0. The van der Waals surface area contributed by atoms with Crippen LogP contribution >= 0.6 is 0 Å². The maximum Gasteiger partial charge on any atom is 0.306 e. The first-order valence-corrected chi connectivity index (χ1v) is 21.8. The van der Waals surface area contributed by atoms with E-state index >= 15 is 8.78 Å². The number of carbonyl (C=O) groups excluding carboxylic acids is 4. The van der Waals surface area contributed by atoms with Gasteiger partial charge in [-0.3, -0.25) is 23.9 Å². The number of benzene rings is 1. The molecule has 2 bridgehead atoms. The summed E-state index contributed by atoms with van der Waals surface area (Å²) in [5.74, 6) is -10.7. The van der Waals surface area contributed by atoms with E-state index in [1.165, 1.54) is 38.0 Å². The van der Waals surface area contributed by atoms with Crippen molar-refractivity contribution >= 4 is 44.6 Å². The fourth-order valence-electron chi connectivity index (χ4n) is 8.71. The minimum absolute atomic E-state index is 0.0158. The van der Waals surface area contributed by atoms with Crippen LogP contribution in [0, 0.1) is 34.5 Å². The Labute approximate surface area is 340 Å². The van der Waals surface area contributed by atoms with E-state index < -0.39 is 128 Å². The second-order valence-electron chi connectivity index (χ2n) is 18.6. The minimum atomic E-state index is -4.26. The average Bonchev–Trinajstić information content (AvgIpc) is 4.10. The molecule has 18 heteroatoms. The van der Waals surface area contributed by atoms with E-state index in [4.69, 9.17) is 14.2 Å². The summed E-state index contributed by atoms with van der Waals surface area (Å²) in [5.41, 5.74) is -3.38. The Morgan fingerprint density at radius 1 is 1.05 bits per heavy atom. The highest BCUT2D eigenvalue weighted by molar-refractivity contribution is 7.91. The number of alkyl halides is 4. The van der Waals surface area contributed by atoms with Crippen LogP contribution in [-0.4, -0.2) is 89.9 Å². The number of methoxy groups -OCH3 is 1. The summed E-state index contributed by atoms with van der Waals surface area (Å²) in [6.45, 7) is 7.82. The van der Waals surface area contributed by atoms with E-state index in [0.717, 1.165) is 0 Å². The van der Waals surface area contributed by atoms with Gasteiger partial charge in [-0.15, -0.1) is 0 Å². The number of amides is 2. The molecule has 5 aliphatic rings. The van der Waals surface area contributed by atoms with Crippen molar-refractivity contribution in [3.8, 4) is 11.6 Å². The van der Waals surface area contributed by atoms with Gasteiger partial charge in [-0.05, 0) is 68.9 Å². The third kappa shape index (κ3) is 8.35. The smallest absolute Gasteiger partial charge is 0.306 e. The van der Waals surface area contributed by atoms with Crippen molar-refractivity contribution in [3.05, 3.63) is 23.9 Å². The normalized spacial score (nSPS) is 31.8. The van der Waals surface area contributed by atoms with Crippen molar-refractivity contribution in [3.63, 3.8) is 0 Å². The number of sulfonamides is 1. The molecule has 3 aliphatic carbocycles. The van der Waals surface area contributed by atoms with Crippen LogP contribution in [0.1, 0.15) is 105 Å². The lowest BCUT2D eigenvalue weighted by Gasteiger charge is -2.35. The van der Waals surface area contributed by atoms with E-state index in [1.54, 1.807) is 26.8 Å². The van der Waals surface area contributed by atoms with Crippen LogP contribution in [-0.2, 0) is 39.9 Å². The molecule has 0 spiro atoms. The van der Waals surface area contributed by atoms with Gasteiger partial charge in [0.15, 0.2) is 11.5 Å². The summed E-state index contributed by atoms with van der Waals surface area (Å²) in [5, 5.41) is 0. The molecule has 1 saturated heterocycles. The van der Waals surface area contributed by atoms with Crippen molar-refractivity contribution in [1.82, 2.24) is 19.6 Å². The minimum Gasteiger partial charge on any atom is -0.497 e. The molecule has 2 aromatic rings. The first-order valence-electron chi connectivity index (χ1n) is 20.3. The number of esters is 1. The third-order valence-corrected chi connectivity index (χ3v) is 15.4. The second-order valence-corrected chi connectivity index (χ2v) is 20.8. The number of hydrogen-bond donors (Lipinski definition) is 1. The molecule has 7 rings (SSSR count). The SMILES string of the molecule is COc1ccc2nc3c(nc2c1)O[C@H]1CN(C(=O)[C@H](C(C)(C)C)CC(=O)O[C@@H]2C[C@H]2CCCCC3(F)F)C(C(=O)C[C@]2(C(=O)NS(=O)(=O)C3(C)CC3)C[C@H]2C(F)F)[C@@H]1C. The van der Waals surface area contributed by atoms with Crippen LogP contribution in [0.15, 0.2) is 18.2 Å². The largest absolute Gasteiger partial charge is 0.497 e. The molecule has 13 nitrogen and oxygen atoms in total. The number of ketones is 1. The van der Waals surface area contributed by atoms with Crippen molar-refractivity contribution in [2.24, 2.45) is 34.5 Å². The molecular formula is C41H52F4N4O9S. The van der Waals surface area contributed by atoms with Crippen LogP contribution in [0.4, 0.5) is 17.6 Å². The predicted octanol–water partition coefficient (Wildman–Crippen LogP) is 6.11. The molecule has 2 amide bonds. The predicted molar refractivity (Wildman–Crippen MR) is 204 cm³/mol. The lowest BCUT2D eigenvalue weighted by Crippen LogP contribution is -2.50. The summed E-state index contributed by atoms with van der Waals surface area (Å²) < 4.78 is 105. The molecule has 59 heavy (non-hydrogen) atoms. The van der Waals surface area contributed by atoms with Crippen LogP contribution in [0.25, 0.3) is 11.0 Å². The molecule has 1 aromatic heterocycles. The van der Waals surface area contributed by atoms with Gasteiger partial charge in [-0.2, -0.15) is 8.78 Å². The first-order chi connectivity index (χ1) is 27.5. The van der Waals surface area contributed by atoms with E-state index in [2.05, 4.69) is 9.97 Å². The topological polar surface area (TPSA) is 171 Å². The van der Waals surface area contributed by atoms with Crippen LogP contribution in [0.3, 0.4) is 0 Å². The molecule has 3 saturated carbocycles. The summed E-state index contributed by atoms with van der Waals surface area (Å²) in [7, 11) is -2.83. The quantitative estimate of drug-likeness (QED) is 0.240. The van der Waals surface area contributed by atoms with E-state index in [9.17, 15) is 36.4 Å².